The first kappa shape index (κ1) is 19.9. The summed E-state index contributed by atoms with van der Waals surface area (Å²) >= 11 is 0. The molecular formula is C17H27ClN2O3. The van der Waals surface area contributed by atoms with Crippen molar-refractivity contribution >= 4 is 18.3 Å². The molecule has 1 fully saturated rings. The van der Waals surface area contributed by atoms with E-state index in [4.69, 9.17) is 15.2 Å². The molecule has 1 heterocycles. The minimum Gasteiger partial charge on any atom is -0.380 e. The van der Waals surface area contributed by atoms with Crippen LogP contribution in [0.2, 0.25) is 0 Å². The van der Waals surface area contributed by atoms with Gasteiger partial charge in [-0.2, -0.15) is 0 Å². The number of carbonyl (C=O) groups is 1. The molecule has 1 amide bonds. The molecule has 0 aromatic heterocycles. The molecule has 0 radical (unpaired) electrons. The summed E-state index contributed by atoms with van der Waals surface area (Å²) in [7, 11) is 1.59. The molecule has 1 aliphatic heterocycles. The van der Waals surface area contributed by atoms with Gasteiger partial charge in [0, 0.05) is 13.7 Å². The number of amides is 1. The molecule has 23 heavy (non-hydrogen) atoms. The average Bonchev–Trinajstić information content (AvgIpc) is 2.53. The Morgan fingerprint density at radius 2 is 2.17 bits per heavy atom. The van der Waals surface area contributed by atoms with E-state index in [2.05, 4.69) is 19.1 Å². The number of ether oxygens (including phenoxy) is 2. The van der Waals surface area contributed by atoms with E-state index in [-0.39, 0.29) is 36.6 Å². The monoisotopic (exact) mass is 342 g/mol. The van der Waals surface area contributed by atoms with Crippen LogP contribution in [0.1, 0.15) is 30.6 Å². The summed E-state index contributed by atoms with van der Waals surface area (Å²) in [5.41, 5.74) is 7.95. The van der Waals surface area contributed by atoms with E-state index < -0.39 is 0 Å². The van der Waals surface area contributed by atoms with E-state index in [1.807, 2.05) is 24.0 Å². The molecular weight excluding hydrogens is 316 g/mol. The quantitative estimate of drug-likeness (QED) is 0.889. The molecule has 3 atom stereocenters. The number of nitrogens with zero attached hydrogens (tertiary/aromatic N) is 1. The van der Waals surface area contributed by atoms with Crippen molar-refractivity contribution < 1.29 is 14.3 Å². The van der Waals surface area contributed by atoms with Gasteiger partial charge in [-0.15, -0.1) is 12.4 Å². The topological polar surface area (TPSA) is 64.8 Å². The molecule has 130 valence electrons. The lowest BCUT2D eigenvalue weighted by Gasteiger charge is -2.39. The highest BCUT2D eigenvalue weighted by atomic mass is 35.5. The molecule has 1 aromatic rings. The van der Waals surface area contributed by atoms with Crippen LogP contribution in [0, 0.1) is 6.92 Å². The fourth-order valence-corrected chi connectivity index (χ4v) is 2.82. The first-order valence-corrected chi connectivity index (χ1v) is 7.76. The molecule has 1 saturated heterocycles. The smallest absolute Gasteiger partial charge is 0.225 e. The third-order valence-electron chi connectivity index (χ3n) is 4.29. The molecule has 0 spiro atoms. The Kier molecular flexibility index (Phi) is 7.99. The molecule has 1 aromatic carbocycles. The third-order valence-corrected chi connectivity index (χ3v) is 4.29. The van der Waals surface area contributed by atoms with Gasteiger partial charge in [-0.1, -0.05) is 24.3 Å². The predicted molar refractivity (Wildman–Crippen MR) is 92.8 cm³/mol. The summed E-state index contributed by atoms with van der Waals surface area (Å²) < 4.78 is 11.2. The highest BCUT2D eigenvalue weighted by Crippen LogP contribution is 2.27. The highest BCUT2D eigenvalue weighted by Gasteiger charge is 2.31. The van der Waals surface area contributed by atoms with Gasteiger partial charge in [0.05, 0.1) is 31.7 Å². The number of rotatable bonds is 5. The summed E-state index contributed by atoms with van der Waals surface area (Å²) in [6, 6.07) is 8.22. The van der Waals surface area contributed by atoms with E-state index in [1.54, 1.807) is 7.11 Å². The maximum absolute atomic E-state index is 12.5. The standard InChI is InChI=1S/C17H26N2O3.ClH/c1-12-6-4-5-7-15(12)16-10-19(13(2)11-22-16)17(20)8-14(9-18)21-3;/h4-7,13-14,16H,8-11,18H2,1-3H3;1H. The van der Waals surface area contributed by atoms with Crippen molar-refractivity contribution in [2.24, 2.45) is 5.73 Å². The Bertz CT molecular complexity index is 508. The second kappa shape index (κ2) is 9.23. The van der Waals surface area contributed by atoms with Crippen LogP contribution in [0.4, 0.5) is 0 Å². The van der Waals surface area contributed by atoms with Crippen LogP contribution in [-0.4, -0.2) is 49.8 Å². The lowest BCUT2D eigenvalue weighted by molar-refractivity contribution is -0.146. The van der Waals surface area contributed by atoms with E-state index in [0.717, 1.165) is 5.56 Å². The minimum absolute atomic E-state index is 0. The Balaban J connectivity index is 0.00000264. The second-order valence-corrected chi connectivity index (χ2v) is 5.87. The van der Waals surface area contributed by atoms with Crippen LogP contribution >= 0.6 is 12.4 Å². The number of carbonyl (C=O) groups excluding carboxylic acids is 1. The van der Waals surface area contributed by atoms with Gasteiger partial charge in [-0.3, -0.25) is 4.79 Å². The van der Waals surface area contributed by atoms with Gasteiger partial charge in [0.1, 0.15) is 6.10 Å². The van der Waals surface area contributed by atoms with E-state index in [9.17, 15) is 4.79 Å². The van der Waals surface area contributed by atoms with E-state index in [1.165, 1.54) is 5.56 Å². The maximum Gasteiger partial charge on any atom is 0.225 e. The lowest BCUT2D eigenvalue weighted by atomic mass is 10.0. The SMILES string of the molecule is COC(CN)CC(=O)N1CC(c2ccccc2C)OCC1C.Cl. The minimum atomic E-state index is -0.223. The zero-order valence-electron chi connectivity index (χ0n) is 14.0. The Morgan fingerprint density at radius 3 is 2.78 bits per heavy atom. The lowest BCUT2D eigenvalue weighted by Crippen LogP contribution is -2.49. The zero-order chi connectivity index (χ0) is 16.1. The van der Waals surface area contributed by atoms with Crippen LogP contribution in [0.15, 0.2) is 24.3 Å². The van der Waals surface area contributed by atoms with Crippen molar-refractivity contribution in [3.63, 3.8) is 0 Å². The first-order chi connectivity index (χ1) is 10.6. The number of benzene rings is 1. The summed E-state index contributed by atoms with van der Waals surface area (Å²) in [4.78, 5) is 14.4. The van der Waals surface area contributed by atoms with Crippen LogP contribution in [0.5, 0.6) is 0 Å². The van der Waals surface area contributed by atoms with Gasteiger partial charge in [0.2, 0.25) is 5.91 Å². The van der Waals surface area contributed by atoms with Crippen molar-refractivity contribution in [2.75, 3.05) is 26.8 Å². The number of aryl methyl sites for hydroxylation is 1. The summed E-state index contributed by atoms with van der Waals surface area (Å²) in [6.07, 6.45) is 0.0253. The largest absolute Gasteiger partial charge is 0.380 e. The van der Waals surface area contributed by atoms with Crippen LogP contribution in [-0.2, 0) is 14.3 Å². The van der Waals surface area contributed by atoms with Gasteiger partial charge in [0.15, 0.2) is 0 Å². The van der Waals surface area contributed by atoms with Crippen molar-refractivity contribution in [1.82, 2.24) is 4.90 Å². The van der Waals surface area contributed by atoms with Crippen molar-refractivity contribution in [1.29, 1.82) is 0 Å². The number of hydrogen-bond donors (Lipinski definition) is 1. The maximum atomic E-state index is 12.5. The van der Waals surface area contributed by atoms with Gasteiger partial charge in [-0.25, -0.2) is 0 Å². The van der Waals surface area contributed by atoms with E-state index in [0.29, 0.717) is 26.1 Å². The van der Waals surface area contributed by atoms with Crippen LogP contribution in [0.25, 0.3) is 0 Å². The van der Waals surface area contributed by atoms with Crippen LogP contribution < -0.4 is 5.73 Å². The average molecular weight is 343 g/mol. The Labute approximate surface area is 144 Å². The number of hydrogen-bond acceptors (Lipinski definition) is 4. The highest BCUT2D eigenvalue weighted by molar-refractivity contribution is 5.85. The van der Waals surface area contributed by atoms with E-state index >= 15 is 0 Å². The fraction of sp³-hybridized carbons (Fsp3) is 0.588. The fourth-order valence-electron chi connectivity index (χ4n) is 2.82. The molecule has 6 heteroatoms. The Morgan fingerprint density at radius 1 is 1.48 bits per heavy atom. The molecule has 2 N–H and O–H groups in total. The number of halogens is 1. The third kappa shape index (κ3) is 4.91. The molecule has 0 bridgehead atoms. The molecule has 2 rings (SSSR count). The van der Waals surface area contributed by atoms with Crippen molar-refractivity contribution in [2.45, 2.75) is 38.5 Å². The molecule has 0 saturated carbocycles. The number of methoxy groups -OCH3 is 1. The second-order valence-electron chi connectivity index (χ2n) is 5.87. The molecule has 5 nitrogen and oxygen atoms in total. The molecule has 3 unspecified atom stereocenters. The number of morpholine rings is 1. The predicted octanol–water partition coefficient (Wildman–Crippen LogP) is 2.07. The molecule has 1 aliphatic rings. The zero-order valence-corrected chi connectivity index (χ0v) is 14.8. The van der Waals surface area contributed by atoms with Gasteiger partial charge in [-0.05, 0) is 25.0 Å². The van der Waals surface area contributed by atoms with Crippen molar-refractivity contribution in [3.05, 3.63) is 35.4 Å². The Hall–Kier alpha value is -1.14. The number of nitrogens with two attached hydrogens (primary N) is 1. The van der Waals surface area contributed by atoms with Crippen LogP contribution in [0.3, 0.4) is 0 Å². The summed E-state index contributed by atoms with van der Waals surface area (Å²) in [5, 5.41) is 0. The summed E-state index contributed by atoms with van der Waals surface area (Å²) in [6.45, 7) is 5.55. The first-order valence-electron chi connectivity index (χ1n) is 7.76. The normalized spacial score (nSPS) is 22.3. The van der Waals surface area contributed by atoms with Crippen molar-refractivity contribution in [3.8, 4) is 0 Å². The summed E-state index contributed by atoms with van der Waals surface area (Å²) in [5.74, 6) is 0.0756. The molecule has 0 aliphatic carbocycles. The van der Waals surface area contributed by atoms with Gasteiger partial charge >= 0.3 is 0 Å². The van der Waals surface area contributed by atoms with Gasteiger partial charge in [0.25, 0.3) is 0 Å². The van der Waals surface area contributed by atoms with Gasteiger partial charge < -0.3 is 20.1 Å².